The van der Waals surface area contributed by atoms with Crippen LogP contribution in [0, 0.1) is 0 Å². The molecule has 0 spiro atoms. The molecule has 0 saturated carbocycles. The number of amides is 2. The predicted octanol–water partition coefficient (Wildman–Crippen LogP) is 3.48. The minimum atomic E-state index is -4.86. The van der Waals surface area contributed by atoms with Gasteiger partial charge >= 0.3 is 21.2 Å². The molecule has 0 aliphatic carbocycles. The molecule has 1 aliphatic rings. The highest BCUT2D eigenvalue weighted by molar-refractivity contribution is 7.70. The molecule has 5 unspecified atom stereocenters. The second-order valence-electron chi connectivity index (χ2n) is 10.5. The Morgan fingerprint density at radius 2 is 1.65 bits per heavy atom. The number of nitrogens with zero attached hydrogens (tertiary/aromatic N) is 4. The second-order valence-corrected chi connectivity index (χ2v) is 14.8. The average molecular weight is 671 g/mol. The van der Waals surface area contributed by atoms with E-state index in [0.29, 0.717) is 6.54 Å². The van der Waals surface area contributed by atoms with Crippen molar-refractivity contribution in [1.82, 2.24) is 24.8 Å². The lowest BCUT2D eigenvalue weighted by Crippen LogP contribution is -2.33. The largest absolute Gasteiger partial charge is 0.387 e. The van der Waals surface area contributed by atoms with Gasteiger partial charge < -0.3 is 39.5 Å². The van der Waals surface area contributed by atoms with Crippen molar-refractivity contribution in [3.63, 3.8) is 0 Å². The van der Waals surface area contributed by atoms with E-state index in [2.05, 4.69) is 32.5 Å². The Labute approximate surface area is 254 Å². The van der Waals surface area contributed by atoms with Gasteiger partial charge in [0, 0.05) is 6.54 Å². The maximum absolute atomic E-state index is 12.5. The van der Waals surface area contributed by atoms with E-state index in [9.17, 15) is 29.0 Å². The van der Waals surface area contributed by atoms with E-state index in [4.69, 9.17) is 30.6 Å². The van der Waals surface area contributed by atoms with Crippen LogP contribution in [0.2, 0.25) is 5.28 Å². The number of aromatic nitrogens is 4. The monoisotopic (exact) mass is 670 g/mol. The second kappa shape index (κ2) is 16.6. The highest BCUT2D eigenvalue weighted by Crippen LogP contribution is 2.55. The van der Waals surface area contributed by atoms with Crippen molar-refractivity contribution in [1.29, 1.82) is 0 Å². The van der Waals surface area contributed by atoms with Gasteiger partial charge in [0.25, 0.3) is 0 Å². The lowest BCUT2D eigenvalue weighted by Gasteiger charge is -2.18. The number of halogens is 1. The lowest BCUT2D eigenvalue weighted by atomic mass is 10.1. The number of unbranched alkanes of at least 4 members (excludes halogenated alkanes) is 9. The summed E-state index contributed by atoms with van der Waals surface area (Å²) in [5, 5.41) is 26.1. The fraction of sp³-hybridized carbons (Fsp3) is 0.750. The van der Waals surface area contributed by atoms with Crippen molar-refractivity contribution in [2.45, 2.75) is 95.7 Å². The molecule has 1 aliphatic heterocycles. The number of nitrogens with one attached hydrogen (secondary N) is 2. The fourth-order valence-corrected chi connectivity index (χ4v) is 7.42. The summed E-state index contributed by atoms with van der Waals surface area (Å²) in [6.45, 7) is 1.92. The molecule has 7 N–H and O–H groups in total. The molecule has 16 nitrogen and oxygen atoms in total. The van der Waals surface area contributed by atoms with Gasteiger partial charge in [-0.05, 0) is 18.0 Å². The Kier molecular flexibility index (Phi) is 13.8. The number of urea groups is 1. The van der Waals surface area contributed by atoms with Gasteiger partial charge in [-0.15, -0.1) is 0 Å². The first-order valence-corrected chi connectivity index (χ1v) is 18.2. The minimum absolute atomic E-state index is 0.000831. The average Bonchev–Trinajstić information content (AvgIpc) is 3.45. The van der Waals surface area contributed by atoms with Crippen LogP contribution in [0.15, 0.2) is 6.33 Å². The van der Waals surface area contributed by atoms with Crippen molar-refractivity contribution in [2.24, 2.45) is 0 Å². The Bertz CT molecular complexity index is 1300. The van der Waals surface area contributed by atoms with E-state index in [-0.39, 0.29) is 22.3 Å². The third-order valence-electron chi connectivity index (χ3n) is 6.86. The molecule has 2 amide bonds. The summed E-state index contributed by atoms with van der Waals surface area (Å²) >= 11 is 6.08. The highest BCUT2D eigenvalue weighted by atomic mass is 35.5. The van der Waals surface area contributed by atoms with Gasteiger partial charge in [-0.3, -0.25) is 19.0 Å². The SMILES string of the molecule is CCCCCCCCCCCCNC(=O)Nc1nc(Cl)nc2c1ncn2C1OC(COP(=O)(O)CP(=O)(O)O)C(O)C1O. The van der Waals surface area contributed by atoms with Gasteiger partial charge in [0.1, 0.15) is 18.3 Å². The Balaban J connectivity index is 1.53. The zero-order valence-corrected chi connectivity index (χ0v) is 26.5. The van der Waals surface area contributed by atoms with Crippen LogP contribution in [0.25, 0.3) is 11.2 Å². The van der Waals surface area contributed by atoms with E-state index in [1.807, 2.05) is 0 Å². The number of aliphatic hydroxyl groups is 2. The molecule has 5 atom stereocenters. The fourth-order valence-electron chi connectivity index (χ4n) is 4.69. The van der Waals surface area contributed by atoms with Crippen LogP contribution in [-0.2, 0) is 18.4 Å². The van der Waals surface area contributed by atoms with Gasteiger partial charge in [0.2, 0.25) is 5.28 Å². The standard InChI is InChI=1S/C24H41ClN6O10P2/c1-2-3-4-5-6-7-8-9-10-11-12-26-24(34)29-20-17-21(30-23(25)28-20)31(14-27-17)22-19(33)18(32)16(41-22)13-40-43(38,39)15-42(35,36)37/h14,16,18-19,22,32-33H,2-13,15H2,1H3,(H,38,39)(H2,35,36,37)(H2,26,28,29,30,34). The van der Waals surface area contributed by atoms with Crippen molar-refractivity contribution in [3.05, 3.63) is 11.6 Å². The molecule has 43 heavy (non-hydrogen) atoms. The molecule has 244 valence electrons. The van der Waals surface area contributed by atoms with E-state index in [0.717, 1.165) is 19.3 Å². The summed E-state index contributed by atoms with van der Waals surface area (Å²) < 4.78 is 34.6. The maximum atomic E-state index is 12.5. The third kappa shape index (κ3) is 11.3. The zero-order valence-electron chi connectivity index (χ0n) is 23.9. The molecular formula is C24H41ClN6O10P2. The zero-order chi connectivity index (χ0) is 31.6. The summed E-state index contributed by atoms with van der Waals surface area (Å²) in [7, 11) is -9.58. The van der Waals surface area contributed by atoms with Crippen LogP contribution in [0.4, 0.5) is 10.6 Å². The number of ether oxygens (including phenoxy) is 1. The first-order chi connectivity index (χ1) is 20.3. The number of aliphatic hydroxyl groups excluding tert-OH is 2. The van der Waals surface area contributed by atoms with Crippen LogP contribution in [0.5, 0.6) is 0 Å². The molecule has 1 fully saturated rings. The minimum Gasteiger partial charge on any atom is -0.387 e. The maximum Gasteiger partial charge on any atom is 0.340 e. The summed E-state index contributed by atoms with van der Waals surface area (Å²) in [4.78, 5) is 52.4. The Morgan fingerprint density at radius 3 is 2.28 bits per heavy atom. The number of hydrogen-bond donors (Lipinski definition) is 7. The first kappa shape index (κ1) is 35.8. The molecular weight excluding hydrogens is 630 g/mol. The van der Waals surface area contributed by atoms with E-state index in [1.165, 1.54) is 55.8 Å². The van der Waals surface area contributed by atoms with Gasteiger partial charge in [-0.25, -0.2) is 9.78 Å². The number of carbonyl (C=O) groups is 1. The predicted molar refractivity (Wildman–Crippen MR) is 158 cm³/mol. The van der Waals surface area contributed by atoms with Crippen molar-refractivity contribution in [3.8, 4) is 0 Å². The molecule has 1 saturated heterocycles. The molecule has 19 heteroatoms. The van der Waals surface area contributed by atoms with Crippen LogP contribution in [0.1, 0.15) is 77.4 Å². The molecule has 0 radical (unpaired) electrons. The van der Waals surface area contributed by atoms with E-state index in [1.54, 1.807) is 0 Å². The van der Waals surface area contributed by atoms with Gasteiger partial charge in [-0.2, -0.15) is 9.97 Å². The molecule has 3 heterocycles. The van der Waals surface area contributed by atoms with Crippen LogP contribution < -0.4 is 10.6 Å². The quantitative estimate of drug-likeness (QED) is 0.0684. The Morgan fingerprint density at radius 1 is 1.02 bits per heavy atom. The number of hydrogen-bond acceptors (Lipinski definition) is 10. The van der Waals surface area contributed by atoms with Gasteiger partial charge in [0.15, 0.2) is 29.1 Å². The molecule has 0 bridgehead atoms. The van der Waals surface area contributed by atoms with E-state index < -0.39 is 58.3 Å². The number of rotatable bonds is 18. The van der Waals surface area contributed by atoms with Crippen molar-refractivity contribution in [2.75, 3.05) is 24.4 Å². The summed E-state index contributed by atoms with van der Waals surface area (Å²) in [6, 6.07) is -0.518. The highest BCUT2D eigenvalue weighted by Gasteiger charge is 2.45. The summed E-state index contributed by atoms with van der Waals surface area (Å²) in [5.41, 5.74) is 0.169. The summed E-state index contributed by atoms with van der Waals surface area (Å²) in [5.74, 6) is -1.42. The third-order valence-corrected chi connectivity index (χ3v) is 10.5. The van der Waals surface area contributed by atoms with Crippen LogP contribution in [0.3, 0.4) is 0 Å². The van der Waals surface area contributed by atoms with Gasteiger partial charge in [0.05, 0.1) is 12.9 Å². The molecule has 3 rings (SSSR count). The summed E-state index contributed by atoms with van der Waals surface area (Å²) in [6.07, 6.45) is 7.13. The smallest absolute Gasteiger partial charge is 0.340 e. The van der Waals surface area contributed by atoms with Crippen LogP contribution in [-0.4, -0.2) is 87.8 Å². The number of imidazole rings is 1. The molecule has 2 aromatic rings. The number of anilines is 1. The first-order valence-electron chi connectivity index (χ1n) is 14.3. The molecule has 2 aromatic heterocycles. The molecule has 0 aromatic carbocycles. The Hall–Kier alpha value is -1.71. The van der Waals surface area contributed by atoms with Crippen molar-refractivity contribution >= 4 is 49.8 Å². The number of fused-ring (bicyclic) bond motifs is 1. The van der Waals surface area contributed by atoms with Gasteiger partial charge in [-0.1, -0.05) is 64.7 Å². The lowest BCUT2D eigenvalue weighted by molar-refractivity contribution is -0.0483. The van der Waals surface area contributed by atoms with Crippen LogP contribution >= 0.6 is 26.8 Å². The van der Waals surface area contributed by atoms with Crippen molar-refractivity contribution < 1.29 is 48.1 Å². The topological polar surface area (TPSA) is 238 Å². The normalized spacial score (nSPS) is 22.1. The number of carbonyl (C=O) groups excluding carboxylic acids is 1. The van der Waals surface area contributed by atoms with E-state index >= 15 is 0 Å².